The van der Waals surface area contributed by atoms with E-state index in [1.165, 1.54) is 23.2 Å². The Bertz CT molecular complexity index is 1570. The molecule has 9 heteroatoms. The van der Waals surface area contributed by atoms with Gasteiger partial charge in [0.25, 0.3) is 5.78 Å². The van der Waals surface area contributed by atoms with Crippen LogP contribution in [0.5, 0.6) is 5.75 Å². The monoisotopic (exact) mass is 544 g/mol. The first-order valence-electron chi connectivity index (χ1n) is 11.9. The first kappa shape index (κ1) is 25.6. The number of hydrogen-bond acceptors (Lipinski definition) is 8. The number of anilines is 1. The number of aryl methyl sites for hydroxylation is 2. The highest BCUT2D eigenvalue weighted by atomic mass is 32.1. The van der Waals surface area contributed by atoms with Crippen molar-refractivity contribution in [1.29, 1.82) is 0 Å². The van der Waals surface area contributed by atoms with Crippen molar-refractivity contribution in [3.05, 3.63) is 104 Å². The van der Waals surface area contributed by atoms with Crippen LogP contribution in [0.15, 0.2) is 71.6 Å². The zero-order valence-corrected chi connectivity index (χ0v) is 22.6. The molecule has 5 rings (SSSR count). The highest BCUT2D eigenvalue weighted by Crippen LogP contribution is 2.45. The number of amides is 1. The maximum Gasteiger partial charge on any atom is 0.301 e. The first-order chi connectivity index (χ1) is 18.2. The van der Waals surface area contributed by atoms with Crippen molar-refractivity contribution in [3.8, 4) is 5.75 Å². The van der Waals surface area contributed by atoms with Crippen LogP contribution in [0.1, 0.15) is 49.9 Å². The Morgan fingerprint density at radius 3 is 2.47 bits per heavy atom. The predicted octanol–water partition coefficient (Wildman–Crippen LogP) is 6.23. The number of carbonyl (C=O) groups excluding carboxylic acids is 3. The summed E-state index contributed by atoms with van der Waals surface area (Å²) in [6, 6.07) is 17.5. The molecule has 38 heavy (non-hydrogen) atoms. The van der Waals surface area contributed by atoms with E-state index < -0.39 is 17.7 Å². The summed E-state index contributed by atoms with van der Waals surface area (Å²) >= 11 is 2.43. The Balaban J connectivity index is 1.49. The van der Waals surface area contributed by atoms with Crippen molar-refractivity contribution in [2.45, 2.75) is 33.4 Å². The van der Waals surface area contributed by atoms with Gasteiger partial charge < -0.3 is 9.84 Å². The molecule has 1 amide bonds. The number of thiazole rings is 1. The van der Waals surface area contributed by atoms with Crippen molar-refractivity contribution in [2.75, 3.05) is 4.90 Å². The third-order valence-electron chi connectivity index (χ3n) is 6.18. The van der Waals surface area contributed by atoms with Crippen molar-refractivity contribution in [3.63, 3.8) is 0 Å². The van der Waals surface area contributed by atoms with Crippen LogP contribution in [0, 0.1) is 13.8 Å². The summed E-state index contributed by atoms with van der Waals surface area (Å²) in [5.41, 5.74) is 3.03. The van der Waals surface area contributed by atoms with E-state index in [2.05, 4.69) is 4.98 Å². The van der Waals surface area contributed by atoms with Crippen LogP contribution >= 0.6 is 22.7 Å². The number of thiophene rings is 1. The lowest BCUT2D eigenvalue weighted by Crippen LogP contribution is -2.29. The number of Topliss-reactive ketones (excluding diaryl/α,β-unsaturated/α-hetero) is 2. The zero-order chi connectivity index (χ0) is 27.0. The van der Waals surface area contributed by atoms with Crippen LogP contribution < -0.4 is 9.64 Å². The molecule has 1 aliphatic rings. The minimum Gasteiger partial charge on any atom is -0.507 e. The minimum absolute atomic E-state index is 0.0249. The lowest BCUT2D eigenvalue weighted by Gasteiger charge is -2.21. The van der Waals surface area contributed by atoms with Crippen molar-refractivity contribution in [2.24, 2.45) is 0 Å². The van der Waals surface area contributed by atoms with Gasteiger partial charge >= 0.3 is 5.91 Å². The molecule has 0 spiro atoms. The molecule has 2 aromatic carbocycles. The van der Waals surface area contributed by atoms with Gasteiger partial charge in [-0.1, -0.05) is 47.2 Å². The molecular formula is C29H24N2O5S2. The molecule has 0 saturated carbocycles. The lowest BCUT2D eigenvalue weighted by atomic mass is 10.00. The number of hydrogen-bond donors (Lipinski definition) is 1. The number of aliphatic hydroxyl groups is 1. The summed E-state index contributed by atoms with van der Waals surface area (Å²) in [6.07, 6.45) is 0. The minimum atomic E-state index is -0.863. The van der Waals surface area contributed by atoms with Crippen LogP contribution in [0.2, 0.25) is 0 Å². The molecule has 0 aliphatic carbocycles. The van der Waals surface area contributed by atoms with E-state index in [1.54, 1.807) is 37.3 Å². The summed E-state index contributed by atoms with van der Waals surface area (Å²) in [7, 11) is 0. The van der Waals surface area contributed by atoms with E-state index in [0.29, 0.717) is 33.4 Å². The molecule has 0 unspecified atom stereocenters. The molecule has 1 N–H and O–H groups in total. The normalized spacial score (nSPS) is 16.7. The van der Waals surface area contributed by atoms with Gasteiger partial charge in [-0.25, -0.2) is 4.98 Å². The molecule has 0 radical (unpaired) electrons. The van der Waals surface area contributed by atoms with Gasteiger partial charge in [-0.2, -0.15) is 0 Å². The molecule has 1 aliphatic heterocycles. The van der Waals surface area contributed by atoms with Gasteiger partial charge in [-0.15, -0.1) is 11.3 Å². The number of rotatable bonds is 7. The Hall–Kier alpha value is -4.08. The van der Waals surface area contributed by atoms with Crippen molar-refractivity contribution < 1.29 is 24.2 Å². The van der Waals surface area contributed by atoms with Crippen LogP contribution in [-0.4, -0.2) is 27.6 Å². The van der Waals surface area contributed by atoms with E-state index >= 15 is 0 Å². The second-order valence-electron chi connectivity index (χ2n) is 8.95. The van der Waals surface area contributed by atoms with Crippen molar-refractivity contribution in [1.82, 2.24) is 4.98 Å². The fourth-order valence-corrected chi connectivity index (χ4v) is 6.20. The standard InChI is InChI=1S/C29H24N2O5S2/c1-16-6-4-7-19(14-16)15-36-21-11-9-20(10-12-21)25(33)23-24(22-8-5-13-37-22)31(28(35)26(23)34)29-30-17(2)27(38-29)18(3)32/h4-14,24,33H,15H2,1-3H3/t24-/m1/s1. The summed E-state index contributed by atoms with van der Waals surface area (Å²) in [6.45, 7) is 5.54. The van der Waals surface area contributed by atoms with Gasteiger partial charge in [0, 0.05) is 17.4 Å². The Morgan fingerprint density at radius 1 is 1.08 bits per heavy atom. The molecular weight excluding hydrogens is 520 g/mol. The molecule has 1 fully saturated rings. The summed E-state index contributed by atoms with van der Waals surface area (Å²) in [5.74, 6) is -1.45. The fourth-order valence-electron chi connectivity index (χ4n) is 4.39. The Morgan fingerprint density at radius 2 is 1.84 bits per heavy atom. The summed E-state index contributed by atoms with van der Waals surface area (Å²) < 4.78 is 5.87. The van der Waals surface area contributed by atoms with Gasteiger partial charge in [-0.05, 0) is 55.1 Å². The molecule has 7 nitrogen and oxygen atoms in total. The smallest absolute Gasteiger partial charge is 0.301 e. The molecule has 0 bridgehead atoms. The molecule has 2 aromatic heterocycles. The van der Waals surface area contributed by atoms with E-state index in [-0.39, 0.29) is 22.2 Å². The summed E-state index contributed by atoms with van der Waals surface area (Å²) in [5, 5.41) is 13.4. The molecule has 1 atom stereocenters. The number of aliphatic hydroxyl groups excluding tert-OH is 1. The van der Waals surface area contributed by atoms with Crippen LogP contribution in [-0.2, 0) is 16.2 Å². The van der Waals surface area contributed by atoms with Gasteiger partial charge in [-0.3, -0.25) is 19.3 Å². The topological polar surface area (TPSA) is 96.8 Å². The van der Waals surface area contributed by atoms with Gasteiger partial charge in [0.15, 0.2) is 10.9 Å². The Kier molecular flexibility index (Phi) is 6.96. The number of ether oxygens (including phenoxy) is 1. The molecule has 1 saturated heterocycles. The van der Waals surface area contributed by atoms with E-state index in [0.717, 1.165) is 22.5 Å². The first-order valence-corrected chi connectivity index (χ1v) is 13.6. The number of aromatic nitrogens is 1. The Labute approximate surface area is 227 Å². The molecule has 4 aromatic rings. The largest absolute Gasteiger partial charge is 0.507 e. The predicted molar refractivity (Wildman–Crippen MR) is 148 cm³/mol. The third-order valence-corrected chi connectivity index (χ3v) is 8.37. The highest BCUT2D eigenvalue weighted by molar-refractivity contribution is 7.18. The fraction of sp³-hybridized carbons (Fsp3) is 0.172. The average molecular weight is 545 g/mol. The lowest BCUT2D eigenvalue weighted by molar-refractivity contribution is -0.132. The maximum absolute atomic E-state index is 13.3. The maximum atomic E-state index is 13.3. The molecule has 192 valence electrons. The van der Waals surface area contributed by atoms with Crippen LogP contribution in [0.4, 0.5) is 5.13 Å². The van der Waals surface area contributed by atoms with Gasteiger partial charge in [0.05, 0.1) is 16.1 Å². The highest BCUT2D eigenvalue weighted by Gasteiger charge is 2.48. The second kappa shape index (κ2) is 10.4. The SMILES string of the molecule is CC(=O)c1sc(N2C(=O)C(=O)C(=C(O)c3ccc(OCc4cccc(C)c4)cc3)[C@H]2c2cccs2)nc1C. The number of nitrogens with zero attached hydrogens (tertiary/aromatic N) is 2. The van der Waals surface area contributed by atoms with Crippen molar-refractivity contribution >= 4 is 51.0 Å². The van der Waals surface area contributed by atoms with Crippen LogP contribution in [0.3, 0.4) is 0 Å². The summed E-state index contributed by atoms with van der Waals surface area (Å²) in [4.78, 5) is 45.4. The second-order valence-corrected chi connectivity index (χ2v) is 10.9. The van der Waals surface area contributed by atoms with Gasteiger partial charge in [0.1, 0.15) is 24.2 Å². The average Bonchev–Trinajstić information content (AvgIpc) is 3.62. The van der Waals surface area contributed by atoms with E-state index in [1.807, 2.05) is 42.6 Å². The zero-order valence-electron chi connectivity index (χ0n) is 20.9. The van der Waals surface area contributed by atoms with E-state index in [9.17, 15) is 19.5 Å². The molecule has 3 heterocycles. The van der Waals surface area contributed by atoms with Gasteiger partial charge in [0.2, 0.25) is 0 Å². The number of carbonyl (C=O) groups is 3. The van der Waals surface area contributed by atoms with Crippen LogP contribution in [0.25, 0.3) is 5.76 Å². The van der Waals surface area contributed by atoms with E-state index in [4.69, 9.17) is 4.74 Å². The quantitative estimate of drug-likeness (QED) is 0.128. The third kappa shape index (κ3) is 4.78. The number of ketones is 2. The number of benzene rings is 2.